The van der Waals surface area contributed by atoms with Crippen molar-refractivity contribution in [2.45, 2.75) is 39.3 Å². The van der Waals surface area contributed by atoms with Gasteiger partial charge in [-0.3, -0.25) is 9.88 Å². The minimum Gasteiger partial charge on any atom is -0.294 e. The van der Waals surface area contributed by atoms with Crippen LogP contribution in [0.2, 0.25) is 0 Å². The van der Waals surface area contributed by atoms with Crippen molar-refractivity contribution in [2.75, 3.05) is 6.54 Å². The van der Waals surface area contributed by atoms with Gasteiger partial charge in [-0.1, -0.05) is 0 Å². The zero-order valence-electron chi connectivity index (χ0n) is 9.25. The van der Waals surface area contributed by atoms with Crippen molar-refractivity contribution in [3.8, 4) is 0 Å². The lowest BCUT2D eigenvalue weighted by molar-refractivity contribution is 0.120. The van der Waals surface area contributed by atoms with E-state index in [9.17, 15) is 0 Å². The van der Waals surface area contributed by atoms with Gasteiger partial charge in [-0.2, -0.15) is 0 Å². The maximum atomic E-state index is 4.19. The van der Waals surface area contributed by atoms with E-state index in [4.69, 9.17) is 0 Å². The molecule has 0 bridgehead atoms. The first-order chi connectivity index (χ1) is 6.57. The summed E-state index contributed by atoms with van der Waals surface area (Å²) in [4.78, 5) is 6.70. The van der Waals surface area contributed by atoms with Crippen molar-refractivity contribution in [3.63, 3.8) is 0 Å². The zero-order valence-corrected chi connectivity index (χ0v) is 9.25. The van der Waals surface area contributed by atoms with E-state index >= 15 is 0 Å². The Morgan fingerprint density at radius 1 is 1.29 bits per heavy atom. The molecule has 0 aromatic carbocycles. The first kappa shape index (κ1) is 9.66. The monoisotopic (exact) mass is 190 g/mol. The van der Waals surface area contributed by atoms with Gasteiger partial charge >= 0.3 is 0 Å². The number of hydrogen-bond donors (Lipinski definition) is 0. The lowest BCUT2D eigenvalue weighted by atomic mass is 9.97. The number of aromatic nitrogens is 1. The van der Waals surface area contributed by atoms with E-state index in [1.54, 1.807) is 0 Å². The van der Waals surface area contributed by atoms with E-state index in [1.165, 1.54) is 17.7 Å². The summed E-state index contributed by atoms with van der Waals surface area (Å²) in [6.07, 6.45) is 5.06. The summed E-state index contributed by atoms with van der Waals surface area (Å²) in [5, 5.41) is 0. The third kappa shape index (κ3) is 1.80. The summed E-state index contributed by atoms with van der Waals surface area (Å²) in [5.74, 6) is 0. The quantitative estimate of drug-likeness (QED) is 0.623. The number of hydrogen-bond acceptors (Lipinski definition) is 2. The summed E-state index contributed by atoms with van der Waals surface area (Å²) in [5.41, 5.74) is 3.14. The molecule has 2 heterocycles. The van der Waals surface area contributed by atoms with Crippen molar-refractivity contribution in [2.24, 2.45) is 0 Å². The first-order valence-corrected chi connectivity index (χ1v) is 5.24. The van der Waals surface area contributed by atoms with Crippen LogP contribution in [-0.4, -0.2) is 22.0 Å². The van der Waals surface area contributed by atoms with Gasteiger partial charge in [0.1, 0.15) is 0 Å². The van der Waals surface area contributed by atoms with Crippen molar-refractivity contribution in [1.29, 1.82) is 0 Å². The lowest BCUT2D eigenvalue weighted by Gasteiger charge is -2.38. The largest absolute Gasteiger partial charge is 0.294 e. The Labute approximate surface area is 86.0 Å². The molecule has 1 aromatic heterocycles. The topological polar surface area (TPSA) is 16.1 Å². The van der Waals surface area contributed by atoms with E-state index in [0.29, 0.717) is 0 Å². The molecule has 0 saturated carbocycles. The third-order valence-corrected chi connectivity index (χ3v) is 2.97. The number of nitrogens with zero attached hydrogens (tertiary/aromatic N) is 2. The molecule has 0 spiro atoms. The Balaban J connectivity index is 2.22. The third-order valence-electron chi connectivity index (χ3n) is 2.97. The number of fused-ring (bicyclic) bond motifs is 1. The molecule has 0 N–H and O–H groups in total. The predicted octanol–water partition coefficient (Wildman–Crippen LogP) is 2.24. The van der Waals surface area contributed by atoms with Crippen LogP contribution in [0.3, 0.4) is 0 Å². The van der Waals surface area contributed by atoms with E-state index < -0.39 is 0 Å². The van der Waals surface area contributed by atoms with Gasteiger partial charge in [0.2, 0.25) is 0 Å². The van der Waals surface area contributed by atoms with Gasteiger partial charge in [0.05, 0.1) is 0 Å². The van der Waals surface area contributed by atoms with Gasteiger partial charge in [0.15, 0.2) is 0 Å². The molecule has 2 rings (SSSR count). The summed E-state index contributed by atoms with van der Waals surface area (Å²) >= 11 is 0. The van der Waals surface area contributed by atoms with Crippen molar-refractivity contribution in [1.82, 2.24) is 9.88 Å². The molecule has 0 unspecified atom stereocenters. The van der Waals surface area contributed by atoms with Gasteiger partial charge in [0.25, 0.3) is 0 Å². The Morgan fingerprint density at radius 2 is 2.07 bits per heavy atom. The van der Waals surface area contributed by atoms with Crippen LogP contribution < -0.4 is 0 Å². The summed E-state index contributed by atoms with van der Waals surface area (Å²) in [7, 11) is 0. The molecule has 1 aliphatic heterocycles. The lowest BCUT2D eigenvalue weighted by Crippen LogP contribution is -2.44. The Bertz CT molecular complexity index is 325. The molecular weight excluding hydrogens is 172 g/mol. The normalized spacial score (nSPS) is 17.9. The average molecular weight is 190 g/mol. The molecule has 0 amide bonds. The van der Waals surface area contributed by atoms with Crippen molar-refractivity contribution >= 4 is 0 Å². The molecule has 1 aliphatic rings. The predicted molar refractivity (Wildman–Crippen MR) is 58.1 cm³/mol. The van der Waals surface area contributed by atoms with E-state index in [-0.39, 0.29) is 5.54 Å². The summed E-state index contributed by atoms with van der Waals surface area (Å²) in [6, 6.07) is 2.15. The zero-order chi connectivity index (χ0) is 10.2. The second kappa shape index (κ2) is 3.35. The highest BCUT2D eigenvalue weighted by Crippen LogP contribution is 2.23. The molecule has 76 valence electrons. The SMILES string of the molecule is CC(C)(C)N1CCc2ccncc2C1. The maximum absolute atomic E-state index is 4.19. The number of rotatable bonds is 0. The van der Waals surface area contributed by atoms with Gasteiger partial charge in [-0.05, 0) is 44.4 Å². The van der Waals surface area contributed by atoms with E-state index in [2.05, 4.69) is 36.7 Å². The van der Waals surface area contributed by atoms with Crippen LogP contribution in [0.5, 0.6) is 0 Å². The molecule has 0 saturated heterocycles. The molecule has 0 radical (unpaired) electrons. The molecule has 2 heteroatoms. The molecule has 0 atom stereocenters. The van der Waals surface area contributed by atoms with Crippen LogP contribution >= 0.6 is 0 Å². The highest BCUT2D eigenvalue weighted by atomic mass is 15.2. The maximum Gasteiger partial charge on any atom is 0.0315 e. The second-order valence-corrected chi connectivity index (χ2v) is 4.99. The van der Waals surface area contributed by atoms with E-state index in [0.717, 1.165) is 13.0 Å². The van der Waals surface area contributed by atoms with Gasteiger partial charge < -0.3 is 0 Å². The van der Waals surface area contributed by atoms with Gasteiger partial charge in [0, 0.05) is 31.0 Å². The Morgan fingerprint density at radius 3 is 2.79 bits per heavy atom. The molecular formula is C12H18N2. The van der Waals surface area contributed by atoms with Gasteiger partial charge in [-0.15, -0.1) is 0 Å². The Kier molecular flexibility index (Phi) is 2.31. The number of pyridine rings is 1. The fraction of sp³-hybridized carbons (Fsp3) is 0.583. The molecule has 14 heavy (non-hydrogen) atoms. The van der Waals surface area contributed by atoms with Crippen LogP contribution in [-0.2, 0) is 13.0 Å². The average Bonchev–Trinajstić information content (AvgIpc) is 2.16. The highest BCUT2D eigenvalue weighted by molar-refractivity contribution is 5.25. The van der Waals surface area contributed by atoms with Crippen molar-refractivity contribution in [3.05, 3.63) is 29.6 Å². The fourth-order valence-corrected chi connectivity index (χ4v) is 1.95. The minimum absolute atomic E-state index is 0.271. The van der Waals surface area contributed by atoms with Crippen LogP contribution in [0.1, 0.15) is 31.9 Å². The molecule has 1 aromatic rings. The van der Waals surface area contributed by atoms with Gasteiger partial charge in [-0.25, -0.2) is 0 Å². The van der Waals surface area contributed by atoms with Crippen molar-refractivity contribution < 1.29 is 0 Å². The van der Waals surface area contributed by atoms with E-state index in [1.807, 2.05) is 12.4 Å². The standard InChI is InChI=1S/C12H18N2/c1-12(2,3)14-7-5-10-4-6-13-8-11(10)9-14/h4,6,8H,5,7,9H2,1-3H3. The van der Waals surface area contributed by atoms with Crippen LogP contribution in [0, 0.1) is 0 Å². The Hall–Kier alpha value is -0.890. The van der Waals surface area contributed by atoms with Crippen LogP contribution in [0.25, 0.3) is 0 Å². The van der Waals surface area contributed by atoms with Crippen LogP contribution in [0.4, 0.5) is 0 Å². The molecule has 0 aliphatic carbocycles. The second-order valence-electron chi connectivity index (χ2n) is 4.99. The first-order valence-electron chi connectivity index (χ1n) is 5.24. The van der Waals surface area contributed by atoms with Crippen LogP contribution in [0.15, 0.2) is 18.5 Å². The fourth-order valence-electron chi connectivity index (χ4n) is 1.95. The summed E-state index contributed by atoms with van der Waals surface area (Å²) < 4.78 is 0. The minimum atomic E-state index is 0.271. The highest BCUT2D eigenvalue weighted by Gasteiger charge is 2.25. The molecule has 2 nitrogen and oxygen atoms in total. The summed E-state index contributed by atoms with van der Waals surface area (Å²) in [6.45, 7) is 9.03. The molecule has 0 fully saturated rings. The smallest absolute Gasteiger partial charge is 0.0315 e.